The summed E-state index contributed by atoms with van der Waals surface area (Å²) in [5.41, 5.74) is 0.965. The van der Waals surface area contributed by atoms with Gasteiger partial charge in [-0.05, 0) is 65.0 Å². The fourth-order valence-electron chi connectivity index (χ4n) is 6.04. The second kappa shape index (κ2) is 6.79. The van der Waals surface area contributed by atoms with Crippen LogP contribution < -0.4 is 4.90 Å². The Kier molecular flexibility index (Phi) is 4.59. The lowest BCUT2D eigenvalue weighted by molar-refractivity contribution is -0.123. The number of nitrogens with zero attached hydrogens (tertiary/aromatic N) is 1. The molecule has 2 amide bonds. The van der Waals surface area contributed by atoms with Crippen molar-refractivity contribution in [2.75, 3.05) is 4.90 Å². The molecule has 0 bridgehead atoms. The predicted octanol–water partition coefficient (Wildman–Crippen LogP) is 4.77. The number of imide groups is 1. The van der Waals surface area contributed by atoms with Crippen LogP contribution in [0.15, 0.2) is 42.0 Å². The molecule has 0 unspecified atom stereocenters. The monoisotopic (exact) mass is 421 g/mol. The molecule has 0 aromatic heterocycles. The number of hydrogen-bond acceptors (Lipinski definition) is 4. The van der Waals surface area contributed by atoms with Gasteiger partial charge in [0.15, 0.2) is 0 Å². The number of anilines is 1. The number of allylic oxidation sites excluding steroid dienone is 2. The molecule has 5 nitrogen and oxygen atoms in total. The van der Waals surface area contributed by atoms with E-state index in [4.69, 9.17) is 9.31 Å². The van der Waals surface area contributed by atoms with Crippen LogP contribution >= 0.6 is 0 Å². The quantitative estimate of drug-likeness (QED) is 0.392. The van der Waals surface area contributed by atoms with Gasteiger partial charge in [-0.15, -0.1) is 0 Å². The molecule has 6 heteroatoms. The number of carbonyl (C=O) groups excluding carboxylic acids is 2. The van der Waals surface area contributed by atoms with Crippen LogP contribution in [-0.2, 0) is 18.9 Å². The molecule has 5 rings (SSSR count). The number of amides is 2. The summed E-state index contributed by atoms with van der Waals surface area (Å²) in [4.78, 5) is 29.1. The molecule has 2 aliphatic heterocycles. The fourth-order valence-corrected chi connectivity index (χ4v) is 6.04. The van der Waals surface area contributed by atoms with E-state index in [0.29, 0.717) is 5.69 Å². The van der Waals surface area contributed by atoms with Gasteiger partial charge in [-0.2, -0.15) is 0 Å². The third kappa shape index (κ3) is 2.91. The fraction of sp³-hybridized carbons (Fsp3) is 0.600. The van der Waals surface area contributed by atoms with E-state index in [1.807, 2.05) is 58.0 Å². The third-order valence-electron chi connectivity index (χ3n) is 8.43. The highest BCUT2D eigenvalue weighted by Gasteiger charge is 2.68. The normalized spacial score (nSPS) is 36.3. The molecule has 164 valence electrons. The molecule has 0 radical (unpaired) electrons. The molecule has 1 aromatic rings. The van der Waals surface area contributed by atoms with Crippen LogP contribution in [0.3, 0.4) is 0 Å². The molecule has 1 saturated carbocycles. The van der Waals surface area contributed by atoms with E-state index in [0.717, 1.165) is 25.7 Å². The van der Waals surface area contributed by atoms with Crippen molar-refractivity contribution in [3.05, 3.63) is 42.0 Å². The molecule has 1 aromatic carbocycles. The van der Waals surface area contributed by atoms with E-state index < -0.39 is 29.6 Å². The van der Waals surface area contributed by atoms with Crippen LogP contribution in [0.25, 0.3) is 0 Å². The van der Waals surface area contributed by atoms with Gasteiger partial charge in [-0.3, -0.25) is 14.5 Å². The Hall–Kier alpha value is -1.92. The van der Waals surface area contributed by atoms with Crippen molar-refractivity contribution in [3.8, 4) is 0 Å². The van der Waals surface area contributed by atoms with Crippen LogP contribution in [0.2, 0.25) is 5.31 Å². The van der Waals surface area contributed by atoms with E-state index in [-0.39, 0.29) is 23.7 Å². The van der Waals surface area contributed by atoms with Crippen molar-refractivity contribution in [3.63, 3.8) is 0 Å². The highest BCUT2D eigenvalue weighted by Crippen LogP contribution is 2.61. The first-order chi connectivity index (χ1) is 14.6. The van der Waals surface area contributed by atoms with Crippen LogP contribution in [0.4, 0.5) is 5.69 Å². The minimum absolute atomic E-state index is 0.0681. The van der Waals surface area contributed by atoms with Gasteiger partial charge in [0.25, 0.3) is 0 Å². The van der Waals surface area contributed by atoms with Gasteiger partial charge in [-0.1, -0.05) is 43.2 Å². The van der Waals surface area contributed by atoms with Crippen molar-refractivity contribution < 1.29 is 18.9 Å². The Morgan fingerprint density at radius 3 is 2.23 bits per heavy atom. The van der Waals surface area contributed by atoms with Crippen molar-refractivity contribution in [2.45, 2.75) is 76.8 Å². The maximum atomic E-state index is 13.9. The maximum absolute atomic E-state index is 13.9. The van der Waals surface area contributed by atoms with Gasteiger partial charge in [-0.25, -0.2) is 0 Å². The van der Waals surface area contributed by atoms with Crippen molar-refractivity contribution in [1.82, 2.24) is 0 Å². The first-order valence-corrected chi connectivity index (χ1v) is 11.6. The zero-order chi connectivity index (χ0) is 22.2. The van der Waals surface area contributed by atoms with Gasteiger partial charge in [0, 0.05) is 5.31 Å². The molecular weight excluding hydrogens is 389 g/mol. The summed E-state index contributed by atoms with van der Waals surface area (Å²) in [5, 5.41) is -0.699. The summed E-state index contributed by atoms with van der Waals surface area (Å²) in [5.74, 6) is -0.890. The summed E-state index contributed by atoms with van der Waals surface area (Å²) in [6.45, 7) is 10.2. The zero-order valence-corrected chi connectivity index (χ0v) is 19.2. The van der Waals surface area contributed by atoms with E-state index in [1.54, 1.807) is 0 Å². The average molecular weight is 421 g/mol. The van der Waals surface area contributed by atoms with Crippen molar-refractivity contribution >= 4 is 24.6 Å². The summed E-state index contributed by atoms with van der Waals surface area (Å²) >= 11 is 0. The number of fused-ring (bicyclic) bond motifs is 3. The number of rotatable bonds is 2. The number of benzene rings is 1. The first-order valence-electron chi connectivity index (χ1n) is 11.6. The van der Waals surface area contributed by atoms with Gasteiger partial charge in [0.2, 0.25) is 11.8 Å². The predicted molar refractivity (Wildman–Crippen MR) is 120 cm³/mol. The molecular formula is C25H32BNO4. The minimum Gasteiger partial charge on any atom is -0.403 e. The highest BCUT2D eigenvalue weighted by atomic mass is 16.7. The first kappa shape index (κ1) is 21.0. The van der Waals surface area contributed by atoms with Gasteiger partial charge in [0.05, 0.1) is 28.7 Å². The molecule has 4 aliphatic rings. The Bertz CT molecular complexity index is 940. The van der Waals surface area contributed by atoms with E-state index in [2.05, 4.69) is 13.0 Å². The van der Waals surface area contributed by atoms with Crippen molar-refractivity contribution in [2.24, 2.45) is 17.8 Å². The Morgan fingerprint density at radius 1 is 0.935 bits per heavy atom. The van der Waals surface area contributed by atoms with E-state index in [9.17, 15) is 9.59 Å². The largest absolute Gasteiger partial charge is 0.469 e. The zero-order valence-electron chi connectivity index (χ0n) is 19.2. The molecule has 0 spiro atoms. The van der Waals surface area contributed by atoms with Crippen LogP contribution in [0.1, 0.15) is 60.3 Å². The topological polar surface area (TPSA) is 55.8 Å². The Balaban J connectivity index is 1.62. The van der Waals surface area contributed by atoms with E-state index in [1.165, 1.54) is 10.5 Å². The van der Waals surface area contributed by atoms with E-state index >= 15 is 0 Å². The van der Waals surface area contributed by atoms with Crippen LogP contribution in [0.5, 0.6) is 0 Å². The third-order valence-corrected chi connectivity index (χ3v) is 8.43. The average Bonchev–Trinajstić information content (AvgIpc) is 3.12. The second-order valence-electron chi connectivity index (χ2n) is 10.9. The Morgan fingerprint density at radius 2 is 1.58 bits per heavy atom. The van der Waals surface area contributed by atoms with Gasteiger partial charge in [0.1, 0.15) is 0 Å². The molecule has 4 atom stereocenters. The lowest BCUT2D eigenvalue weighted by Crippen LogP contribution is -2.48. The molecule has 2 saturated heterocycles. The lowest BCUT2D eigenvalue weighted by Gasteiger charge is -2.45. The molecule has 2 aliphatic carbocycles. The van der Waals surface area contributed by atoms with Crippen LogP contribution in [-0.4, -0.2) is 30.1 Å². The summed E-state index contributed by atoms with van der Waals surface area (Å²) in [6.07, 6.45) is 6.43. The lowest BCUT2D eigenvalue weighted by atomic mass is 9.45. The number of carbonyl (C=O) groups is 2. The summed E-state index contributed by atoms with van der Waals surface area (Å²) in [6, 6.07) is 9.32. The SMILES string of the molecule is CC1(C)OB([C@]2(C)C=C3CCCC[C@@H]3[C@@H]3C(=O)N(c4ccccc4)C(=O)[C@@H]32)OC1(C)C. The smallest absolute Gasteiger partial charge is 0.403 e. The number of para-hydroxylation sites is 1. The van der Waals surface area contributed by atoms with Gasteiger partial charge >= 0.3 is 7.12 Å². The number of hydrogen-bond donors (Lipinski definition) is 0. The Labute approximate surface area is 185 Å². The molecule has 3 fully saturated rings. The molecule has 31 heavy (non-hydrogen) atoms. The van der Waals surface area contributed by atoms with Crippen LogP contribution in [0, 0.1) is 17.8 Å². The molecule has 2 heterocycles. The highest BCUT2D eigenvalue weighted by molar-refractivity contribution is 6.52. The molecule has 0 N–H and O–H groups in total. The maximum Gasteiger partial charge on any atom is 0.469 e. The van der Waals surface area contributed by atoms with Crippen molar-refractivity contribution in [1.29, 1.82) is 0 Å². The minimum atomic E-state index is -0.699. The van der Waals surface area contributed by atoms with Gasteiger partial charge < -0.3 is 9.31 Å². The second-order valence-corrected chi connectivity index (χ2v) is 10.9. The summed E-state index contributed by atoms with van der Waals surface area (Å²) in [7, 11) is -0.576. The summed E-state index contributed by atoms with van der Waals surface area (Å²) < 4.78 is 12.9. The standard InChI is InChI=1S/C25H32BNO4/c1-23(2)24(3,4)31-26(30-23)25(5)15-16-11-9-10-14-18(16)19-20(25)22(29)27(21(19)28)17-12-7-6-8-13-17/h6-8,12-13,15,18-20H,9-11,14H2,1-5H3/t18-,19-,20+,25+/m0/s1.